The van der Waals surface area contributed by atoms with E-state index in [0.717, 1.165) is 25.7 Å². The van der Waals surface area contributed by atoms with Crippen molar-refractivity contribution in [2.45, 2.75) is 24.9 Å². The number of rotatable bonds is 2. The summed E-state index contributed by atoms with van der Waals surface area (Å²) in [4.78, 5) is 2.45. The second kappa shape index (κ2) is 3.09. The van der Waals surface area contributed by atoms with E-state index in [1.54, 1.807) is 0 Å². The minimum absolute atomic E-state index is 0.309. The second-order valence-corrected chi connectivity index (χ2v) is 3.51. The molecule has 1 heterocycles. The number of nitrogens with zero attached hydrogens (tertiary/aromatic N) is 1. The molecule has 2 aliphatic rings. The van der Waals surface area contributed by atoms with E-state index in [2.05, 4.69) is 10.2 Å². The molecular formula is C8H16N2O. The van der Waals surface area contributed by atoms with Gasteiger partial charge in [-0.3, -0.25) is 4.90 Å². The molecule has 0 aromatic heterocycles. The van der Waals surface area contributed by atoms with E-state index in [1.807, 2.05) is 0 Å². The highest BCUT2D eigenvalue weighted by molar-refractivity contribution is 4.91. The van der Waals surface area contributed by atoms with Gasteiger partial charge in [0.2, 0.25) is 0 Å². The van der Waals surface area contributed by atoms with Gasteiger partial charge in [0.05, 0.1) is 6.61 Å². The lowest BCUT2D eigenvalue weighted by molar-refractivity contribution is 0.0940. The lowest BCUT2D eigenvalue weighted by Crippen LogP contribution is -2.53. The maximum absolute atomic E-state index is 9.06. The van der Waals surface area contributed by atoms with Gasteiger partial charge in [-0.25, -0.2) is 0 Å². The maximum Gasteiger partial charge on any atom is 0.0599 e. The number of hydrogen-bond acceptors (Lipinski definition) is 3. The molecule has 1 aliphatic carbocycles. The Morgan fingerprint density at radius 1 is 1.45 bits per heavy atom. The van der Waals surface area contributed by atoms with Crippen LogP contribution in [0.2, 0.25) is 0 Å². The van der Waals surface area contributed by atoms with Crippen LogP contribution in [-0.4, -0.2) is 48.3 Å². The SMILES string of the molecule is OCC1CNCCN1C1CC1. The lowest BCUT2D eigenvalue weighted by Gasteiger charge is -2.35. The average Bonchev–Trinajstić information content (AvgIpc) is 2.87. The largest absolute Gasteiger partial charge is 0.395 e. The van der Waals surface area contributed by atoms with Gasteiger partial charge in [0, 0.05) is 31.7 Å². The summed E-state index contributed by atoms with van der Waals surface area (Å²) in [5.41, 5.74) is 0. The summed E-state index contributed by atoms with van der Waals surface area (Å²) in [5.74, 6) is 0. The zero-order chi connectivity index (χ0) is 7.68. The molecule has 0 radical (unpaired) electrons. The van der Waals surface area contributed by atoms with Crippen LogP contribution in [0.5, 0.6) is 0 Å². The van der Waals surface area contributed by atoms with Crippen LogP contribution in [0.25, 0.3) is 0 Å². The molecule has 1 saturated heterocycles. The minimum Gasteiger partial charge on any atom is -0.395 e. The third-order valence-electron chi connectivity index (χ3n) is 2.62. The Bertz CT molecular complexity index is 136. The van der Waals surface area contributed by atoms with Crippen molar-refractivity contribution in [3.05, 3.63) is 0 Å². The molecule has 2 fully saturated rings. The van der Waals surface area contributed by atoms with Crippen LogP contribution in [0.4, 0.5) is 0 Å². The molecule has 3 heteroatoms. The molecular weight excluding hydrogens is 140 g/mol. The third kappa shape index (κ3) is 1.55. The summed E-state index contributed by atoms with van der Waals surface area (Å²) in [5, 5.41) is 12.4. The standard InChI is InChI=1S/C8H16N2O/c11-6-8-5-9-3-4-10(8)7-1-2-7/h7-9,11H,1-6H2. The first-order valence-corrected chi connectivity index (χ1v) is 4.49. The zero-order valence-corrected chi connectivity index (χ0v) is 6.79. The van der Waals surface area contributed by atoms with E-state index in [1.165, 1.54) is 12.8 Å². The van der Waals surface area contributed by atoms with Crippen LogP contribution in [0.1, 0.15) is 12.8 Å². The zero-order valence-electron chi connectivity index (χ0n) is 6.79. The van der Waals surface area contributed by atoms with E-state index in [-0.39, 0.29) is 0 Å². The van der Waals surface area contributed by atoms with Gasteiger partial charge in [-0.15, -0.1) is 0 Å². The average molecular weight is 156 g/mol. The molecule has 0 aromatic carbocycles. The Hall–Kier alpha value is -0.120. The quantitative estimate of drug-likeness (QED) is 0.561. The van der Waals surface area contributed by atoms with Gasteiger partial charge in [-0.1, -0.05) is 0 Å². The van der Waals surface area contributed by atoms with Gasteiger partial charge in [0.1, 0.15) is 0 Å². The van der Waals surface area contributed by atoms with Crippen LogP contribution in [0.3, 0.4) is 0 Å². The van der Waals surface area contributed by atoms with Gasteiger partial charge in [-0.2, -0.15) is 0 Å². The predicted octanol–water partition coefficient (Wildman–Crippen LogP) is -0.585. The highest BCUT2D eigenvalue weighted by Crippen LogP contribution is 2.28. The fourth-order valence-corrected chi connectivity index (χ4v) is 1.83. The molecule has 0 aromatic rings. The van der Waals surface area contributed by atoms with Gasteiger partial charge in [-0.05, 0) is 12.8 Å². The fraction of sp³-hybridized carbons (Fsp3) is 1.00. The van der Waals surface area contributed by atoms with Crippen LogP contribution < -0.4 is 5.32 Å². The molecule has 1 unspecified atom stereocenters. The molecule has 3 nitrogen and oxygen atoms in total. The van der Waals surface area contributed by atoms with Crippen molar-refractivity contribution in [2.75, 3.05) is 26.2 Å². The van der Waals surface area contributed by atoms with Crippen LogP contribution in [0.15, 0.2) is 0 Å². The summed E-state index contributed by atoms with van der Waals surface area (Å²) in [6.45, 7) is 3.49. The summed E-state index contributed by atoms with van der Waals surface area (Å²) in [6, 6.07) is 1.19. The van der Waals surface area contributed by atoms with Crippen molar-refractivity contribution in [1.82, 2.24) is 10.2 Å². The summed E-state index contributed by atoms with van der Waals surface area (Å²) in [7, 11) is 0. The molecule has 0 bridgehead atoms. The first kappa shape index (κ1) is 7.53. The fourth-order valence-electron chi connectivity index (χ4n) is 1.83. The van der Waals surface area contributed by atoms with E-state index in [4.69, 9.17) is 5.11 Å². The molecule has 1 atom stereocenters. The van der Waals surface area contributed by atoms with Crippen LogP contribution >= 0.6 is 0 Å². The second-order valence-electron chi connectivity index (χ2n) is 3.51. The highest BCUT2D eigenvalue weighted by Gasteiger charge is 2.34. The summed E-state index contributed by atoms with van der Waals surface area (Å²) < 4.78 is 0. The van der Waals surface area contributed by atoms with Crippen molar-refractivity contribution in [2.24, 2.45) is 0 Å². The van der Waals surface area contributed by atoms with E-state index in [9.17, 15) is 0 Å². The van der Waals surface area contributed by atoms with Crippen LogP contribution in [0, 0.1) is 0 Å². The van der Waals surface area contributed by atoms with Crippen molar-refractivity contribution in [1.29, 1.82) is 0 Å². The molecule has 0 spiro atoms. The number of nitrogens with one attached hydrogen (secondary N) is 1. The third-order valence-corrected chi connectivity index (χ3v) is 2.62. The molecule has 64 valence electrons. The molecule has 1 aliphatic heterocycles. The molecule has 2 N–H and O–H groups in total. The van der Waals surface area contributed by atoms with Crippen molar-refractivity contribution < 1.29 is 5.11 Å². The number of piperazine rings is 1. The van der Waals surface area contributed by atoms with Crippen molar-refractivity contribution in [3.63, 3.8) is 0 Å². The Morgan fingerprint density at radius 2 is 2.27 bits per heavy atom. The van der Waals surface area contributed by atoms with Gasteiger partial charge in [0.25, 0.3) is 0 Å². The Labute approximate surface area is 67.4 Å². The molecule has 2 rings (SSSR count). The maximum atomic E-state index is 9.06. The van der Waals surface area contributed by atoms with E-state index >= 15 is 0 Å². The normalized spacial score (nSPS) is 34.1. The first-order chi connectivity index (χ1) is 5.42. The van der Waals surface area contributed by atoms with Gasteiger partial charge in [0.15, 0.2) is 0 Å². The summed E-state index contributed by atoms with van der Waals surface area (Å²) >= 11 is 0. The van der Waals surface area contributed by atoms with E-state index in [0.29, 0.717) is 12.6 Å². The van der Waals surface area contributed by atoms with E-state index < -0.39 is 0 Å². The monoisotopic (exact) mass is 156 g/mol. The lowest BCUT2D eigenvalue weighted by atomic mass is 10.2. The minimum atomic E-state index is 0.309. The first-order valence-electron chi connectivity index (χ1n) is 4.49. The van der Waals surface area contributed by atoms with Crippen LogP contribution in [-0.2, 0) is 0 Å². The Kier molecular flexibility index (Phi) is 2.11. The summed E-state index contributed by atoms with van der Waals surface area (Å²) in [6.07, 6.45) is 2.69. The van der Waals surface area contributed by atoms with Gasteiger partial charge >= 0.3 is 0 Å². The highest BCUT2D eigenvalue weighted by atomic mass is 16.3. The molecule has 0 amide bonds. The Morgan fingerprint density at radius 3 is 2.91 bits per heavy atom. The number of aliphatic hydroxyl groups excluding tert-OH is 1. The number of hydrogen-bond donors (Lipinski definition) is 2. The Balaban J connectivity index is 1.91. The smallest absolute Gasteiger partial charge is 0.0599 e. The number of aliphatic hydroxyl groups is 1. The predicted molar refractivity (Wildman–Crippen MR) is 43.5 cm³/mol. The molecule has 11 heavy (non-hydrogen) atoms. The van der Waals surface area contributed by atoms with Gasteiger partial charge < -0.3 is 10.4 Å². The van der Waals surface area contributed by atoms with Crippen molar-refractivity contribution in [3.8, 4) is 0 Å². The van der Waals surface area contributed by atoms with Crippen molar-refractivity contribution >= 4 is 0 Å². The topological polar surface area (TPSA) is 35.5 Å². The molecule has 1 saturated carbocycles.